The second-order valence-electron chi connectivity index (χ2n) is 5.42. The second kappa shape index (κ2) is 6.25. The van der Waals surface area contributed by atoms with Crippen LogP contribution in [0.5, 0.6) is 11.5 Å². The van der Waals surface area contributed by atoms with Gasteiger partial charge in [-0.2, -0.15) is 0 Å². The van der Waals surface area contributed by atoms with Crippen LogP contribution in [-0.4, -0.2) is 28.6 Å². The summed E-state index contributed by atoms with van der Waals surface area (Å²) in [6, 6.07) is 11.7. The summed E-state index contributed by atoms with van der Waals surface area (Å²) in [6.45, 7) is 0. The smallest absolute Gasteiger partial charge is 0.235 e. The predicted molar refractivity (Wildman–Crippen MR) is 101 cm³/mol. The van der Waals surface area contributed by atoms with Gasteiger partial charge in [0.25, 0.3) is 0 Å². The van der Waals surface area contributed by atoms with E-state index in [-0.39, 0.29) is 0 Å². The van der Waals surface area contributed by atoms with E-state index in [1.165, 1.54) is 0 Å². The number of ether oxygens (including phenoxy) is 2. The lowest BCUT2D eigenvalue weighted by Gasteiger charge is -2.15. The lowest BCUT2D eigenvalue weighted by atomic mass is 10.2. The molecule has 6 nitrogen and oxygen atoms in total. The second-order valence-corrected chi connectivity index (χ2v) is 6.33. The third kappa shape index (κ3) is 2.76. The van der Waals surface area contributed by atoms with Gasteiger partial charge < -0.3 is 14.8 Å². The molecular weight excluding hydrogens is 384 g/mol. The summed E-state index contributed by atoms with van der Waals surface area (Å²) in [6.07, 6.45) is 3.60. The maximum atomic E-state index is 5.45. The fourth-order valence-electron chi connectivity index (χ4n) is 2.77. The molecule has 0 aliphatic carbocycles. The Morgan fingerprint density at radius 1 is 1.08 bits per heavy atom. The number of anilines is 2. The average Bonchev–Trinajstić information content (AvgIpc) is 3.08. The Morgan fingerprint density at radius 2 is 1.88 bits per heavy atom. The number of methoxy groups -OCH3 is 2. The van der Waals surface area contributed by atoms with Crippen LogP contribution in [0.1, 0.15) is 0 Å². The molecule has 0 aliphatic heterocycles. The number of nitrogens with one attached hydrogen (secondary N) is 1. The molecule has 2 heterocycles. The SMILES string of the molecule is COc1cc2nc3nccn3c(Nc3cccc(Br)c3)c2cc1OC. The zero-order chi connectivity index (χ0) is 17.4. The molecular formula is C18H15BrN4O2. The highest BCUT2D eigenvalue weighted by molar-refractivity contribution is 9.10. The van der Waals surface area contributed by atoms with Crippen molar-refractivity contribution in [1.82, 2.24) is 14.4 Å². The minimum Gasteiger partial charge on any atom is -0.493 e. The zero-order valence-electron chi connectivity index (χ0n) is 13.7. The fraction of sp³-hybridized carbons (Fsp3) is 0.111. The van der Waals surface area contributed by atoms with E-state index in [1.807, 2.05) is 47.0 Å². The van der Waals surface area contributed by atoms with Crippen LogP contribution in [0.3, 0.4) is 0 Å². The molecule has 1 N–H and O–H groups in total. The standard InChI is InChI=1S/C18H15BrN4O2/c1-24-15-9-13-14(10-16(15)25-2)22-18-20-6-7-23(18)17(13)21-12-5-3-4-11(19)8-12/h3-10,21H,1-2H3. The highest BCUT2D eigenvalue weighted by Crippen LogP contribution is 2.36. The van der Waals surface area contributed by atoms with Crippen LogP contribution in [0.15, 0.2) is 53.3 Å². The Bertz CT molecular complexity index is 1080. The lowest BCUT2D eigenvalue weighted by molar-refractivity contribution is 0.356. The first kappa shape index (κ1) is 15.7. The number of imidazole rings is 1. The Kier molecular flexibility index (Phi) is 3.93. The van der Waals surface area contributed by atoms with Crippen molar-refractivity contribution < 1.29 is 9.47 Å². The van der Waals surface area contributed by atoms with E-state index >= 15 is 0 Å². The molecule has 126 valence electrons. The Labute approximate surface area is 152 Å². The van der Waals surface area contributed by atoms with E-state index in [1.54, 1.807) is 20.4 Å². The molecule has 0 atom stereocenters. The molecule has 0 radical (unpaired) electrons. The molecule has 25 heavy (non-hydrogen) atoms. The number of fused-ring (bicyclic) bond motifs is 2. The van der Waals surface area contributed by atoms with Crippen LogP contribution in [0.25, 0.3) is 16.7 Å². The van der Waals surface area contributed by atoms with E-state index in [4.69, 9.17) is 9.47 Å². The molecule has 4 aromatic rings. The highest BCUT2D eigenvalue weighted by Gasteiger charge is 2.14. The summed E-state index contributed by atoms with van der Waals surface area (Å²) >= 11 is 3.50. The first-order chi connectivity index (χ1) is 12.2. The number of nitrogens with zero attached hydrogens (tertiary/aromatic N) is 3. The Hall–Kier alpha value is -2.80. The average molecular weight is 399 g/mol. The summed E-state index contributed by atoms with van der Waals surface area (Å²) in [7, 11) is 3.23. The van der Waals surface area contributed by atoms with E-state index in [0.29, 0.717) is 17.3 Å². The van der Waals surface area contributed by atoms with Crippen molar-refractivity contribution in [3.05, 3.63) is 53.3 Å². The predicted octanol–water partition coefficient (Wildman–Crippen LogP) is 4.41. The molecule has 0 spiro atoms. The maximum Gasteiger partial charge on any atom is 0.235 e. The largest absolute Gasteiger partial charge is 0.493 e. The van der Waals surface area contributed by atoms with Gasteiger partial charge in [-0.25, -0.2) is 9.97 Å². The fourth-order valence-corrected chi connectivity index (χ4v) is 3.17. The van der Waals surface area contributed by atoms with Crippen LogP contribution >= 0.6 is 15.9 Å². The number of hydrogen-bond donors (Lipinski definition) is 1. The third-order valence-electron chi connectivity index (χ3n) is 3.93. The number of aromatic nitrogens is 3. The van der Waals surface area contributed by atoms with Gasteiger partial charge in [0.05, 0.1) is 19.7 Å². The minimum atomic E-state index is 0.609. The lowest BCUT2D eigenvalue weighted by Crippen LogP contribution is -2.02. The molecule has 2 aromatic heterocycles. The number of hydrogen-bond acceptors (Lipinski definition) is 5. The van der Waals surface area contributed by atoms with Gasteiger partial charge in [-0.3, -0.25) is 4.40 Å². The molecule has 0 unspecified atom stereocenters. The number of benzene rings is 2. The molecule has 0 aliphatic rings. The van der Waals surface area contributed by atoms with Gasteiger partial charge in [-0.05, 0) is 24.3 Å². The van der Waals surface area contributed by atoms with Crippen LogP contribution in [0, 0.1) is 0 Å². The van der Waals surface area contributed by atoms with Crippen LogP contribution in [-0.2, 0) is 0 Å². The topological polar surface area (TPSA) is 60.7 Å². The van der Waals surface area contributed by atoms with Crippen molar-refractivity contribution in [3.63, 3.8) is 0 Å². The molecule has 0 saturated carbocycles. The molecule has 4 rings (SSSR count). The third-order valence-corrected chi connectivity index (χ3v) is 4.42. The summed E-state index contributed by atoms with van der Waals surface area (Å²) < 4.78 is 13.8. The van der Waals surface area contributed by atoms with Gasteiger partial charge in [-0.15, -0.1) is 0 Å². The van der Waals surface area contributed by atoms with E-state index in [2.05, 4.69) is 31.2 Å². The summed E-state index contributed by atoms with van der Waals surface area (Å²) in [5, 5.41) is 4.37. The van der Waals surface area contributed by atoms with Gasteiger partial charge in [0.1, 0.15) is 5.82 Å². The van der Waals surface area contributed by atoms with Crippen molar-refractivity contribution >= 4 is 44.1 Å². The number of rotatable bonds is 4. The number of halogens is 1. The van der Waals surface area contributed by atoms with Crippen molar-refractivity contribution in [1.29, 1.82) is 0 Å². The van der Waals surface area contributed by atoms with Crippen LogP contribution < -0.4 is 14.8 Å². The van der Waals surface area contributed by atoms with Crippen LogP contribution in [0.4, 0.5) is 11.5 Å². The monoisotopic (exact) mass is 398 g/mol. The maximum absolute atomic E-state index is 5.45. The molecule has 2 aromatic carbocycles. The molecule has 0 fully saturated rings. The van der Waals surface area contributed by atoms with Gasteiger partial charge in [0.15, 0.2) is 11.5 Å². The quantitative estimate of drug-likeness (QED) is 0.551. The molecule has 0 saturated heterocycles. The molecule has 7 heteroatoms. The minimum absolute atomic E-state index is 0.609. The van der Waals surface area contributed by atoms with Crippen molar-refractivity contribution in [2.75, 3.05) is 19.5 Å². The van der Waals surface area contributed by atoms with Crippen LogP contribution in [0.2, 0.25) is 0 Å². The Morgan fingerprint density at radius 3 is 2.64 bits per heavy atom. The van der Waals surface area contributed by atoms with Gasteiger partial charge in [0, 0.05) is 34.0 Å². The molecule has 0 bridgehead atoms. The summed E-state index contributed by atoms with van der Waals surface area (Å²) in [5.74, 6) is 2.74. The van der Waals surface area contributed by atoms with E-state index in [9.17, 15) is 0 Å². The van der Waals surface area contributed by atoms with Gasteiger partial charge >= 0.3 is 0 Å². The van der Waals surface area contributed by atoms with E-state index < -0.39 is 0 Å². The summed E-state index contributed by atoms with van der Waals surface area (Å²) in [4.78, 5) is 8.93. The zero-order valence-corrected chi connectivity index (χ0v) is 15.2. The van der Waals surface area contributed by atoms with Crippen molar-refractivity contribution in [2.45, 2.75) is 0 Å². The van der Waals surface area contributed by atoms with Crippen molar-refractivity contribution in [3.8, 4) is 11.5 Å². The van der Waals surface area contributed by atoms with Crippen molar-refractivity contribution in [2.24, 2.45) is 0 Å². The Balaban J connectivity index is 1.99. The first-order valence-electron chi connectivity index (χ1n) is 7.61. The summed E-state index contributed by atoms with van der Waals surface area (Å²) in [5.41, 5.74) is 1.72. The molecule has 0 amide bonds. The van der Waals surface area contributed by atoms with Gasteiger partial charge in [0.2, 0.25) is 5.78 Å². The first-order valence-corrected chi connectivity index (χ1v) is 8.40. The highest BCUT2D eigenvalue weighted by atomic mass is 79.9. The van der Waals surface area contributed by atoms with Gasteiger partial charge in [-0.1, -0.05) is 22.0 Å². The van der Waals surface area contributed by atoms with E-state index in [0.717, 1.165) is 26.9 Å². The normalized spacial score (nSPS) is 11.0.